The molecule has 2 heterocycles. The van der Waals surface area contributed by atoms with Crippen molar-refractivity contribution in [2.75, 3.05) is 20.8 Å². The van der Waals surface area contributed by atoms with Crippen molar-refractivity contribution < 1.29 is 23.5 Å². The van der Waals surface area contributed by atoms with Crippen molar-refractivity contribution in [2.24, 2.45) is 0 Å². The molecule has 2 N–H and O–H groups in total. The maximum absolute atomic E-state index is 12.8. The van der Waals surface area contributed by atoms with Crippen molar-refractivity contribution in [3.05, 3.63) is 72.3 Å². The molecule has 0 atom stereocenters. The van der Waals surface area contributed by atoms with Crippen LogP contribution in [0.4, 0.5) is 0 Å². The molecule has 3 rings (SSSR count). The van der Waals surface area contributed by atoms with Crippen molar-refractivity contribution in [3.63, 3.8) is 0 Å². The van der Waals surface area contributed by atoms with Gasteiger partial charge in [-0.3, -0.25) is 9.59 Å². The van der Waals surface area contributed by atoms with Gasteiger partial charge in [0, 0.05) is 25.5 Å². The molecule has 0 aliphatic carbocycles. The number of benzene rings is 1. The number of carbonyl (C=O) groups excluding carboxylic acids is 2. The van der Waals surface area contributed by atoms with Crippen LogP contribution in [0.15, 0.2) is 65.4 Å². The largest absolute Gasteiger partial charge is 0.493 e. The number of aryl methyl sites for hydroxylation is 1. The molecule has 0 aliphatic rings. The lowest BCUT2D eigenvalue weighted by atomic mass is 10.1. The Labute approximate surface area is 179 Å². The lowest BCUT2D eigenvalue weighted by Crippen LogP contribution is -2.35. The van der Waals surface area contributed by atoms with Gasteiger partial charge in [0.2, 0.25) is 0 Å². The molecule has 9 nitrogen and oxygen atoms in total. The van der Waals surface area contributed by atoms with E-state index in [1.54, 1.807) is 50.0 Å². The van der Waals surface area contributed by atoms with Crippen molar-refractivity contribution in [1.82, 2.24) is 20.2 Å². The van der Waals surface area contributed by atoms with Gasteiger partial charge in [0.25, 0.3) is 11.8 Å². The van der Waals surface area contributed by atoms with Gasteiger partial charge < -0.3 is 29.1 Å². The monoisotopic (exact) mass is 424 g/mol. The topological polar surface area (TPSA) is 108 Å². The summed E-state index contributed by atoms with van der Waals surface area (Å²) in [6.07, 6.45) is 8.93. The van der Waals surface area contributed by atoms with E-state index in [-0.39, 0.29) is 11.5 Å². The van der Waals surface area contributed by atoms with Gasteiger partial charge in [0.05, 0.1) is 26.8 Å². The smallest absolute Gasteiger partial charge is 0.291 e. The third-order valence-electron chi connectivity index (χ3n) is 4.39. The number of ether oxygens (including phenoxy) is 2. The number of nitrogens with zero attached hydrogens (tertiary/aromatic N) is 2. The molecule has 0 aliphatic heterocycles. The number of hydrogen-bond acceptors (Lipinski definition) is 6. The number of carbonyl (C=O) groups is 2. The third-order valence-corrected chi connectivity index (χ3v) is 4.39. The first-order chi connectivity index (χ1) is 15.1. The Morgan fingerprint density at radius 1 is 1.19 bits per heavy atom. The Bertz CT molecular complexity index is 1030. The lowest BCUT2D eigenvalue weighted by molar-refractivity contribution is -0.117. The first-order valence-electron chi connectivity index (χ1n) is 9.63. The van der Waals surface area contributed by atoms with Crippen LogP contribution in [0.3, 0.4) is 0 Å². The predicted molar refractivity (Wildman–Crippen MR) is 114 cm³/mol. The lowest BCUT2D eigenvalue weighted by Gasteiger charge is -2.12. The van der Waals surface area contributed by atoms with Gasteiger partial charge in [-0.1, -0.05) is 6.07 Å². The standard InChI is InChI=1S/C22H24N4O5/c1-29-18-7-6-16(14-20(18)30-2)13-17(25-22(28)19-5-3-12-31-19)21(27)24-8-4-10-26-11-9-23-15-26/h3,5-7,9,11-15H,4,8,10H2,1-2H3,(H,24,27)(H,25,28)/b17-13+. The molecule has 0 spiro atoms. The molecule has 0 unspecified atom stereocenters. The zero-order valence-electron chi connectivity index (χ0n) is 17.3. The summed E-state index contributed by atoms with van der Waals surface area (Å²) in [5.41, 5.74) is 0.734. The summed E-state index contributed by atoms with van der Waals surface area (Å²) in [6.45, 7) is 1.14. The highest BCUT2D eigenvalue weighted by atomic mass is 16.5. The van der Waals surface area contributed by atoms with Crippen LogP contribution >= 0.6 is 0 Å². The molecule has 0 bridgehead atoms. The molecular weight excluding hydrogens is 400 g/mol. The second-order valence-corrected chi connectivity index (χ2v) is 6.51. The van der Waals surface area contributed by atoms with Crippen LogP contribution in [0.5, 0.6) is 11.5 Å². The molecule has 162 valence electrons. The number of furan rings is 1. The van der Waals surface area contributed by atoms with Crippen molar-refractivity contribution in [3.8, 4) is 11.5 Å². The summed E-state index contributed by atoms with van der Waals surface area (Å²) < 4.78 is 17.6. The van der Waals surface area contributed by atoms with Crippen molar-refractivity contribution in [2.45, 2.75) is 13.0 Å². The summed E-state index contributed by atoms with van der Waals surface area (Å²) >= 11 is 0. The third kappa shape index (κ3) is 5.99. The highest BCUT2D eigenvalue weighted by Gasteiger charge is 2.16. The Balaban J connectivity index is 1.74. The van der Waals surface area contributed by atoms with Crippen LogP contribution < -0.4 is 20.1 Å². The molecule has 0 radical (unpaired) electrons. The Morgan fingerprint density at radius 2 is 2.03 bits per heavy atom. The average molecular weight is 424 g/mol. The molecule has 3 aromatic rings. The summed E-state index contributed by atoms with van der Waals surface area (Å²) in [5.74, 6) is 0.232. The second kappa shape index (κ2) is 10.7. The van der Waals surface area contributed by atoms with Crippen molar-refractivity contribution in [1.29, 1.82) is 0 Å². The van der Waals surface area contributed by atoms with Crippen LogP contribution in [0.25, 0.3) is 6.08 Å². The highest BCUT2D eigenvalue weighted by Crippen LogP contribution is 2.28. The van der Waals surface area contributed by atoms with E-state index in [1.165, 1.54) is 19.4 Å². The molecule has 2 amide bonds. The van der Waals surface area contributed by atoms with Crippen LogP contribution in [-0.2, 0) is 11.3 Å². The normalized spacial score (nSPS) is 11.1. The predicted octanol–water partition coefficient (Wildman–Crippen LogP) is 2.47. The zero-order chi connectivity index (χ0) is 22.1. The molecule has 31 heavy (non-hydrogen) atoms. The van der Waals surface area contributed by atoms with Gasteiger partial charge >= 0.3 is 0 Å². The Kier molecular flexibility index (Phi) is 7.47. The Hall–Kier alpha value is -4.01. The van der Waals surface area contributed by atoms with Crippen LogP contribution in [0.2, 0.25) is 0 Å². The first-order valence-corrected chi connectivity index (χ1v) is 9.63. The maximum atomic E-state index is 12.8. The van der Waals surface area contributed by atoms with Crippen LogP contribution in [0, 0.1) is 0 Å². The number of imidazole rings is 1. The van der Waals surface area contributed by atoms with Crippen LogP contribution in [0.1, 0.15) is 22.5 Å². The van der Waals surface area contributed by atoms with E-state index in [0.717, 1.165) is 0 Å². The van der Waals surface area contributed by atoms with Crippen molar-refractivity contribution >= 4 is 17.9 Å². The van der Waals surface area contributed by atoms with E-state index in [9.17, 15) is 9.59 Å². The SMILES string of the molecule is COc1ccc(/C=C(/NC(=O)c2ccco2)C(=O)NCCCn2ccnc2)cc1OC. The average Bonchev–Trinajstić information content (AvgIpc) is 3.50. The van der Waals surface area contributed by atoms with Gasteiger partial charge in [0.1, 0.15) is 5.70 Å². The fourth-order valence-electron chi connectivity index (χ4n) is 2.84. The molecule has 1 aromatic carbocycles. The fourth-order valence-corrected chi connectivity index (χ4v) is 2.84. The van der Waals surface area contributed by atoms with Gasteiger partial charge in [-0.25, -0.2) is 4.98 Å². The van der Waals surface area contributed by atoms with E-state index < -0.39 is 11.8 Å². The van der Waals surface area contributed by atoms with E-state index in [0.29, 0.717) is 36.6 Å². The van der Waals surface area contributed by atoms with Crippen LogP contribution in [-0.4, -0.2) is 42.1 Å². The minimum Gasteiger partial charge on any atom is -0.493 e. The zero-order valence-corrected chi connectivity index (χ0v) is 17.3. The van der Waals surface area contributed by atoms with Gasteiger partial charge in [-0.2, -0.15) is 0 Å². The number of methoxy groups -OCH3 is 2. The fraction of sp³-hybridized carbons (Fsp3) is 0.227. The van der Waals surface area contributed by atoms with Gasteiger partial charge in [0.15, 0.2) is 17.3 Å². The number of rotatable bonds is 10. The highest BCUT2D eigenvalue weighted by molar-refractivity contribution is 6.04. The van der Waals surface area contributed by atoms with E-state index >= 15 is 0 Å². The minimum absolute atomic E-state index is 0.0799. The molecule has 9 heteroatoms. The number of aromatic nitrogens is 2. The molecule has 0 fully saturated rings. The van der Waals surface area contributed by atoms with Gasteiger partial charge in [-0.15, -0.1) is 0 Å². The quantitative estimate of drug-likeness (QED) is 0.382. The first kappa shape index (κ1) is 21.7. The van der Waals surface area contributed by atoms with E-state index in [2.05, 4.69) is 15.6 Å². The molecule has 0 saturated heterocycles. The molecule has 2 aromatic heterocycles. The number of nitrogens with one attached hydrogen (secondary N) is 2. The Morgan fingerprint density at radius 3 is 2.71 bits per heavy atom. The summed E-state index contributed by atoms with van der Waals surface area (Å²) in [6, 6.07) is 8.31. The van der Waals surface area contributed by atoms with Gasteiger partial charge in [-0.05, 0) is 42.3 Å². The molecular formula is C22H24N4O5. The summed E-state index contributed by atoms with van der Waals surface area (Å²) in [7, 11) is 3.07. The minimum atomic E-state index is -0.523. The van der Waals surface area contributed by atoms with E-state index in [1.807, 2.05) is 10.8 Å². The number of amides is 2. The van der Waals surface area contributed by atoms with E-state index in [4.69, 9.17) is 13.9 Å². The summed E-state index contributed by atoms with van der Waals surface area (Å²) in [5, 5.41) is 5.44. The second-order valence-electron chi connectivity index (χ2n) is 6.51. The number of hydrogen-bond donors (Lipinski definition) is 2. The molecule has 0 saturated carbocycles. The maximum Gasteiger partial charge on any atom is 0.291 e. The summed E-state index contributed by atoms with van der Waals surface area (Å²) in [4.78, 5) is 29.2.